The van der Waals surface area contributed by atoms with Gasteiger partial charge in [0.25, 0.3) is 5.90 Å². The van der Waals surface area contributed by atoms with Crippen molar-refractivity contribution in [2.24, 2.45) is 9.98 Å². The van der Waals surface area contributed by atoms with Crippen molar-refractivity contribution in [2.45, 2.75) is 6.92 Å². The average Bonchev–Trinajstić information content (AvgIpc) is 2.35. The highest BCUT2D eigenvalue weighted by atomic mass is 79.9. The Bertz CT molecular complexity index is 563. The van der Waals surface area contributed by atoms with E-state index in [4.69, 9.17) is 4.74 Å². The Morgan fingerprint density at radius 1 is 1.41 bits per heavy atom. The van der Waals surface area contributed by atoms with Gasteiger partial charge in [-0.1, -0.05) is 15.9 Å². The Morgan fingerprint density at radius 2 is 2.29 bits per heavy atom. The van der Waals surface area contributed by atoms with E-state index in [0.717, 1.165) is 28.3 Å². The van der Waals surface area contributed by atoms with Crippen LogP contribution < -0.4 is 4.74 Å². The van der Waals surface area contributed by atoms with Crippen LogP contribution in [0.1, 0.15) is 6.92 Å². The lowest BCUT2D eigenvalue weighted by molar-refractivity contribution is 0.518. The third kappa shape index (κ3) is 1.76. The molecule has 2 aliphatic rings. The molecular weight excluding hydrogens is 282 g/mol. The van der Waals surface area contributed by atoms with E-state index >= 15 is 0 Å². The van der Waals surface area contributed by atoms with E-state index in [1.54, 1.807) is 6.20 Å². The molecule has 1 aromatic rings. The van der Waals surface area contributed by atoms with Crippen LogP contribution in [0.3, 0.4) is 0 Å². The molecule has 2 heterocycles. The quantitative estimate of drug-likeness (QED) is 0.797. The average molecular weight is 292 g/mol. The van der Waals surface area contributed by atoms with E-state index in [2.05, 4.69) is 32.8 Å². The molecule has 0 bridgehead atoms. The van der Waals surface area contributed by atoms with Gasteiger partial charge in [-0.05, 0) is 25.1 Å². The predicted molar refractivity (Wildman–Crippen MR) is 70.8 cm³/mol. The molecule has 0 amide bonds. The third-order valence-corrected chi connectivity index (χ3v) is 3.09. The molecule has 5 heteroatoms. The molecule has 3 rings (SSSR count). The van der Waals surface area contributed by atoms with Crippen molar-refractivity contribution in [2.75, 3.05) is 6.54 Å². The lowest BCUT2D eigenvalue weighted by Crippen LogP contribution is -2.38. The van der Waals surface area contributed by atoms with Gasteiger partial charge in [0.05, 0.1) is 0 Å². The Balaban J connectivity index is 2.11. The number of benzene rings is 1. The molecule has 0 aromatic heterocycles. The summed E-state index contributed by atoms with van der Waals surface area (Å²) in [6.07, 6.45) is 3.62. The first-order valence-electron chi connectivity index (χ1n) is 5.35. The van der Waals surface area contributed by atoms with Gasteiger partial charge in [-0.2, -0.15) is 0 Å². The lowest BCUT2D eigenvalue weighted by Gasteiger charge is -2.27. The number of likely N-dealkylation sites (N-methyl/N-ethyl adjacent to an activating group) is 1. The molecule has 4 nitrogen and oxygen atoms in total. The number of ether oxygens (including phenoxy) is 1. The van der Waals surface area contributed by atoms with Crippen LogP contribution in [0.5, 0.6) is 5.75 Å². The molecular formula is C12H10BrN3O. The zero-order valence-electron chi connectivity index (χ0n) is 9.22. The minimum atomic E-state index is 0.559. The number of nitrogens with zero attached hydrogens (tertiary/aromatic N) is 3. The second kappa shape index (κ2) is 4.00. The van der Waals surface area contributed by atoms with E-state index in [9.17, 15) is 0 Å². The second-order valence-electron chi connectivity index (χ2n) is 3.67. The van der Waals surface area contributed by atoms with Crippen molar-refractivity contribution in [3.05, 3.63) is 35.1 Å². The molecule has 0 atom stereocenters. The first kappa shape index (κ1) is 10.5. The van der Waals surface area contributed by atoms with E-state index in [0.29, 0.717) is 5.90 Å². The van der Waals surface area contributed by atoms with Crippen LogP contribution in [-0.2, 0) is 0 Å². The van der Waals surface area contributed by atoms with E-state index < -0.39 is 0 Å². The highest BCUT2D eigenvalue weighted by Gasteiger charge is 2.25. The number of rotatable bonds is 1. The smallest absolute Gasteiger partial charge is 0.263 e. The Labute approximate surface area is 107 Å². The zero-order valence-corrected chi connectivity index (χ0v) is 10.8. The largest absolute Gasteiger partial charge is 0.434 e. The van der Waals surface area contributed by atoms with E-state index in [1.165, 1.54) is 0 Å². The van der Waals surface area contributed by atoms with Gasteiger partial charge in [0.2, 0.25) is 0 Å². The maximum Gasteiger partial charge on any atom is 0.263 e. The van der Waals surface area contributed by atoms with Crippen LogP contribution in [-0.4, -0.2) is 23.2 Å². The monoisotopic (exact) mass is 291 g/mol. The van der Waals surface area contributed by atoms with Crippen molar-refractivity contribution in [1.82, 2.24) is 4.90 Å². The lowest BCUT2D eigenvalue weighted by atomic mass is 10.2. The van der Waals surface area contributed by atoms with Crippen molar-refractivity contribution in [3.8, 4) is 5.75 Å². The molecule has 0 radical (unpaired) electrons. The van der Waals surface area contributed by atoms with Crippen molar-refractivity contribution in [3.63, 3.8) is 0 Å². The summed E-state index contributed by atoms with van der Waals surface area (Å²) < 4.78 is 6.71. The number of hydrogen-bond acceptors (Lipinski definition) is 4. The fourth-order valence-corrected chi connectivity index (χ4v) is 2.10. The highest BCUT2D eigenvalue weighted by molar-refractivity contribution is 9.10. The van der Waals surface area contributed by atoms with Gasteiger partial charge in [0.15, 0.2) is 11.6 Å². The number of amidine groups is 1. The van der Waals surface area contributed by atoms with Gasteiger partial charge in [-0.3, -0.25) is 0 Å². The predicted octanol–water partition coefficient (Wildman–Crippen LogP) is 3.08. The molecule has 2 aliphatic heterocycles. The van der Waals surface area contributed by atoms with Crippen LogP contribution in [0.4, 0.5) is 5.69 Å². The van der Waals surface area contributed by atoms with Crippen LogP contribution >= 0.6 is 15.9 Å². The molecule has 0 fully saturated rings. The molecule has 0 unspecified atom stereocenters. The minimum absolute atomic E-state index is 0.559. The summed E-state index contributed by atoms with van der Waals surface area (Å²) in [7, 11) is 0. The molecule has 0 saturated heterocycles. The van der Waals surface area contributed by atoms with Crippen molar-refractivity contribution in [1.29, 1.82) is 0 Å². The molecule has 0 spiro atoms. The molecule has 17 heavy (non-hydrogen) atoms. The van der Waals surface area contributed by atoms with Gasteiger partial charge < -0.3 is 9.64 Å². The van der Waals surface area contributed by atoms with Crippen LogP contribution in [0.15, 0.2) is 45.1 Å². The molecule has 0 aliphatic carbocycles. The molecule has 0 saturated carbocycles. The molecule has 86 valence electrons. The van der Waals surface area contributed by atoms with Crippen LogP contribution in [0, 0.1) is 0 Å². The Hall–Kier alpha value is -1.62. The number of hydrogen-bond donors (Lipinski definition) is 0. The second-order valence-corrected chi connectivity index (χ2v) is 4.58. The topological polar surface area (TPSA) is 37.2 Å². The highest BCUT2D eigenvalue weighted by Crippen LogP contribution is 2.34. The van der Waals surface area contributed by atoms with E-state index in [1.807, 2.05) is 29.3 Å². The first-order valence-corrected chi connectivity index (χ1v) is 6.15. The van der Waals surface area contributed by atoms with Gasteiger partial charge in [0.1, 0.15) is 5.69 Å². The number of fused-ring (bicyclic) bond motifs is 2. The number of aliphatic imine (C=N–C) groups is 2. The van der Waals surface area contributed by atoms with Gasteiger partial charge in [0, 0.05) is 23.4 Å². The summed E-state index contributed by atoms with van der Waals surface area (Å²) >= 11 is 3.43. The maximum atomic E-state index is 5.73. The van der Waals surface area contributed by atoms with Gasteiger partial charge >= 0.3 is 0 Å². The standard InChI is InChI=1S/C12H10BrN3O/c1-2-16-6-5-14-12-11(16)15-9-7-8(13)3-4-10(9)17-12/h3-7H,2H2,1H3. The van der Waals surface area contributed by atoms with Crippen molar-refractivity contribution >= 4 is 33.4 Å². The maximum absolute atomic E-state index is 5.73. The zero-order chi connectivity index (χ0) is 11.8. The summed E-state index contributed by atoms with van der Waals surface area (Å²) in [6.45, 7) is 2.90. The minimum Gasteiger partial charge on any atom is -0.434 e. The number of halogens is 1. The summed E-state index contributed by atoms with van der Waals surface area (Å²) in [5.74, 6) is 2.06. The SMILES string of the molecule is CCN1C=CN=C2Oc3ccc(Br)cc3N=C21. The summed E-state index contributed by atoms with van der Waals surface area (Å²) in [4.78, 5) is 10.8. The Morgan fingerprint density at radius 3 is 3.12 bits per heavy atom. The van der Waals surface area contributed by atoms with Crippen LogP contribution in [0.2, 0.25) is 0 Å². The van der Waals surface area contributed by atoms with Crippen LogP contribution in [0.25, 0.3) is 0 Å². The molecule has 1 aromatic carbocycles. The third-order valence-electron chi connectivity index (χ3n) is 2.60. The molecule has 0 N–H and O–H groups in total. The first-order chi connectivity index (χ1) is 8.28. The fourth-order valence-electron chi connectivity index (χ4n) is 1.75. The fraction of sp³-hybridized carbons (Fsp3) is 0.167. The van der Waals surface area contributed by atoms with Gasteiger partial charge in [-0.25, -0.2) is 9.98 Å². The Kier molecular flexibility index (Phi) is 2.48. The van der Waals surface area contributed by atoms with E-state index in [-0.39, 0.29) is 0 Å². The van der Waals surface area contributed by atoms with Crippen molar-refractivity contribution < 1.29 is 4.74 Å². The summed E-state index contributed by atoms with van der Waals surface area (Å²) in [5, 5.41) is 0. The summed E-state index contributed by atoms with van der Waals surface area (Å²) in [5.41, 5.74) is 0.821. The van der Waals surface area contributed by atoms with Gasteiger partial charge in [-0.15, -0.1) is 0 Å². The normalized spacial score (nSPS) is 16.7. The summed E-state index contributed by atoms with van der Waals surface area (Å²) in [6, 6.07) is 5.75.